The van der Waals surface area contributed by atoms with Crippen LogP contribution in [0.2, 0.25) is 0 Å². The molecule has 0 bridgehead atoms. The van der Waals surface area contributed by atoms with Gasteiger partial charge in [-0.25, -0.2) is 4.98 Å². The van der Waals surface area contributed by atoms with Gasteiger partial charge in [0.1, 0.15) is 5.52 Å². The van der Waals surface area contributed by atoms with Crippen molar-refractivity contribution in [1.82, 2.24) is 15.1 Å². The standard InChI is InChI=1S/C19H15N3O2/c1-2-5-12(6-3-1)18-20-15-11-14(9-10-16(15)23-18)17-21-19(24-22-17)13-7-4-8-13/h1-3,5-6,9-11,13H,4,7-8H2. The maximum Gasteiger partial charge on any atom is 0.230 e. The van der Waals surface area contributed by atoms with Crippen LogP contribution in [0, 0.1) is 0 Å². The second kappa shape index (κ2) is 5.30. The van der Waals surface area contributed by atoms with E-state index >= 15 is 0 Å². The highest BCUT2D eigenvalue weighted by Crippen LogP contribution is 2.36. The fraction of sp³-hybridized carbons (Fsp3) is 0.211. The maximum absolute atomic E-state index is 5.84. The van der Waals surface area contributed by atoms with E-state index in [0.717, 1.165) is 41.0 Å². The van der Waals surface area contributed by atoms with Crippen LogP contribution in [0.15, 0.2) is 57.5 Å². The minimum absolute atomic E-state index is 0.437. The van der Waals surface area contributed by atoms with Crippen molar-refractivity contribution < 1.29 is 8.94 Å². The summed E-state index contributed by atoms with van der Waals surface area (Å²) in [5, 5.41) is 4.12. The van der Waals surface area contributed by atoms with Gasteiger partial charge in [-0.05, 0) is 43.2 Å². The van der Waals surface area contributed by atoms with E-state index in [1.165, 1.54) is 6.42 Å². The van der Waals surface area contributed by atoms with Gasteiger partial charge in [0, 0.05) is 17.0 Å². The number of fused-ring (bicyclic) bond motifs is 1. The summed E-state index contributed by atoms with van der Waals surface area (Å²) >= 11 is 0. The molecule has 2 aromatic carbocycles. The number of oxazole rings is 1. The fourth-order valence-corrected chi connectivity index (χ4v) is 2.94. The third-order valence-electron chi connectivity index (χ3n) is 4.56. The largest absolute Gasteiger partial charge is 0.436 e. The average Bonchev–Trinajstić information content (AvgIpc) is 3.20. The molecule has 0 N–H and O–H groups in total. The van der Waals surface area contributed by atoms with E-state index in [2.05, 4.69) is 15.1 Å². The molecule has 5 rings (SSSR count). The van der Waals surface area contributed by atoms with Crippen LogP contribution >= 0.6 is 0 Å². The third-order valence-corrected chi connectivity index (χ3v) is 4.56. The number of rotatable bonds is 3. The highest BCUT2D eigenvalue weighted by molar-refractivity contribution is 5.81. The van der Waals surface area contributed by atoms with E-state index in [0.29, 0.717) is 17.6 Å². The van der Waals surface area contributed by atoms with Gasteiger partial charge in [0.2, 0.25) is 17.6 Å². The summed E-state index contributed by atoms with van der Waals surface area (Å²) in [5.41, 5.74) is 3.40. The first-order valence-electron chi connectivity index (χ1n) is 8.17. The number of hydrogen-bond acceptors (Lipinski definition) is 5. The van der Waals surface area contributed by atoms with Crippen molar-refractivity contribution in [3.05, 3.63) is 54.4 Å². The molecule has 0 unspecified atom stereocenters. The van der Waals surface area contributed by atoms with Crippen LogP contribution in [0.3, 0.4) is 0 Å². The lowest BCUT2D eigenvalue weighted by atomic mass is 9.85. The SMILES string of the molecule is c1ccc(-c2nc3cc(-c4noc(C5CCC5)n4)ccc3o2)cc1. The van der Waals surface area contributed by atoms with Crippen molar-refractivity contribution >= 4 is 11.1 Å². The van der Waals surface area contributed by atoms with Crippen molar-refractivity contribution in [2.75, 3.05) is 0 Å². The fourth-order valence-electron chi connectivity index (χ4n) is 2.94. The van der Waals surface area contributed by atoms with Crippen molar-refractivity contribution in [3.8, 4) is 22.8 Å². The van der Waals surface area contributed by atoms with Crippen molar-refractivity contribution in [1.29, 1.82) is 0 Å². The van der Waals surface area contributed by atoms with Gasteiger partial charge in [-0.1, -0.05) is 29.8 Å². The summed E-state index contributed by atoms with van der Waals surface area (Å²) in [5.74, 6) is 2.42. The molecule has 118 valence electrons. The van der Waals surface area contributed by atoms with E-state index in [-0.39, 0.29) is 0 Å². The smallest absolute Gasteiger partial charge is 0.230 e. The molecule has 5 heteroatoms. The van der Waals surface area contributed by atoms with Gasteiger partial charge in [-0.15, -0.1) is 0 Å². The Labute approximate surface area is 138 Å². The molecule has 0 amide bonds. The summed E-state index contributed by atoms with van der Waals surface area (Å²) < 4.78 is 11.2. The van der Waals surface area contributed by atoms with E-state index in [9.17, 15) is 0 Å². The monoisotopic (exact) mass is 317 g/mol. The summed E-state index contributed by atoms with van der Waals surface area (Å²) in [6.45, 7) is 0. The molecule has 2 aromatic heterocycles. The Balaban J connectivity index is 1.52. The number of aromatic nitrogens is 3. The molecule has 2 heterocycles. The molecule has 0 saturated heterocycles. The zero-order valence-corrected chi connectivity index (χ0v) is 13.0. The Hall–Kier alpha value is -2.95. The Morgan fingerprint density at radius 2 is 1.79 bits per heavy atom. The zero-order chi connectivity index (χ0) is 15.9. The second-order valence-corrected chi connectivity index (χ2v) is 6.15. The molecule has 1 aliphatic carbocycles. The lowest BCUT2D eigenvalue weighted by Crippen LogP contribution is -2.08. The van der Waals surface area contributed by atoms with Crippen molar-refractivity contribution in [2.45, 2.75) is 25.2 Å². The quantitative estimate of drug-likeness (QED) is 0.542. The molecule has 0 radical (unpaired) electrons. The predicted molar refractivity (Wildman–Crippen MR) is 89.3 cm³/mol. The highest BCUT2D eigenvalue weighted by atomic mass is 16.5. The topological polar surface area (TPSA) is 65.0 Å². The van der Waals surface area contributed by atoms with Gasteiger partial charge in [0.05, 0.1) is 0 Å². The molecule has 1 saturated carbocycles. The highest BCUT2D eigenvalue weighted by Gasteiger charge is 2.25. The van der Waals surface area contributed by atoms with Crippen LogP contribution in [-0.2, 0) is 0 Å². The Morgan fingerprint density at radius 3 is 2.58 bits per heavy atom. The van der Waals surface area contributed by atoms with Gasteiger partial charge in [0.15, 0.2) is 5.58 Å². The first kappa shape index (κ1) is 13.5. The molecule has 1 aliphatic rings. The first-order chi connectivity index (χ1) is 11.9. The van der Waals surface area contributed by atoms with Gasteiger partial charge in [0.25, 0.3) is 0 Å². The maximum atomic E-state index is 5.84. The van der Waals surface area contributed by atoms with E-state index < -0.39 is 0 Å². The van der Waals surface area contributed by atoms with Gasteiger partial charge >= 0.3 is 0 Å². The van der Waals surface area contributed by atoms with Crippen LogP contribution in [0.4, 0.5) is 0 Å². The van der Waals surface area contributed by atoms with Crippen LogP contribution in [0.5, 0.6) is 0 Å². The van der Waals surface area contributed by atoms with Gasteiger partial charge < -0.3 is 8.94 Å². The molecule has 0 spiro atoms. The summed E-state index contributed by atoms with van der Waals surface area (Å²) in [4.78, 5) is 9.12. The van der Waals surface area contributed by atoms with Crippen molar-refractivity contribution in [2.24, 2.45) is 0 Å². The summed E-state index contributed by atoms with van der Waals surface area (Å²) in [6.07, 6.45) is 3.53. The second-order valence-electron chi connectivity index (χ2n) is 6.15. The molecule has 0 aliphatic heterocycles. The average molecular weight is 317 g/mol. The van der Waals surface area contributed by atoms with E-state index in [1.54, 1.807) is 0 Å². The van der Waals surface area contributed by atoms with Gasteiger partial charge in [-0.2, -0.15) is 4.98 Å². The molecule has 5 nitrogen and oxygen atoms in total. The number of benzene rings is 2. The molecule has 0 atom stereocenters. The molecule has 24 heavy (non-hydrogen) atoms. The summed E-state index contributed by atoms with van der Waals surface area (Å²) in [6, 6.07) is 15.7. The molecular weight excluding hydrogens is 302 g/mol. The van der Waals surface area contributed by atoms with Crippen molar-refractivity contribution in [3.63, 3.8) is 0 Å². The van der Waals surface area contributed by atoms with Crippen LogP contribution in [0.1, 0.15) is 31.1 Å². The third kappa shape index (κ3) is 2.21. The molecular formula is C19H15N3O2. The minimum atomic E-state index is 0.437. The first-order valence-corrected chi connectivity index (χ1v) is 8.17. The summed E-state index contributed by atoms with van der Waals surface area (Å²) in [7, 11) is 0. The van der Waals surface area contributed by atoms with Crippen LogP contribution in [0.25, 0.3) is 33.9 Å². The molecule has 1 fully saturated rings. The number of nitrogens with zero attached hydrogens (tertiary/aromatic N) is 3. The van der Waals surface area contributed by atoms with E-state index in [1.807, 2.05) is 48.5 Å². The van der Waals surface area contributed by atoms with E-state index in [4.69, 9.17) is 8.94 Å². The molecule has 4 aromatic rings. The zero-order valence-electron chi connectivity index (χ0n) is 13.0. The minimum Gasteiger partial charge on any atom is -0.436 e. The van der Waals surface area contributed by atoms with Crippen LogP contribution in [-0.4, -0.2) is 15.1 Å². The van der Waals surface area contributed by atoms with Crippen LogP contribution < -0.4 is 0 Å². The van der Waals surface area contributed by atoms with Gasteiger partial charge in [-0.3, -0.25) is 0 Å². The number of hydrogen-bond donors (Lipinski definition) is 0. The Kier molecular flexibility index (Phi) is 2.98. The predicted octanol–water partition coefficient (Wildman–Crippen LogP) is 4.81. The lowest BCUT2D eigenvalue weighted by Gasteiger charge is -2.20. The lowest BCUT2D eigenvalue weighted by molar-refractivity contribution is 0.292. The Bertz CT molecular complexity index is 1000. The Morgan fingerprint density at radius 1 is 0.917 bits per heavy atom. The normalized spacial score (nSPS) is 14.8.